The summed E-state index contributed by atoms with van der Waals surface area (Å²) in [5.41, 5.74) is 1.17. The zero-order valence-corrected chi connectivity index (χ0v) is 15.5. The molecule has 0 bridgehead atoms. The molecule has 0 radical (unpaired) electrons. The average Bonchev–Trinajstić information content (AvgIpc) is 2.46. The zero-order chi connectivity index (χ0) is 16.8. The van der Waals surface area contributed by atoms with E-state index in [1.807, 2.05) is 32.9 Å². The van der Waals surface area contributed by atoms with Crippen molar-refractivity contribution in [3.8, 4) is 0 Å². The zero-order valence-electron chi connectivity index (χ0n) is 13.4. The summed E-state index contributed by atoms with van der Waals surface area (Å²) in [5, 5.41) is 4.39. The number of nitrogens with one attached hydrogen (secondary N) is 1. The normalized spacial score (nSPS) is 17.0. The van der Waals surface area contributed by atoms with Crippen LogP contribution in [0.25, 0.3) is 0 Å². The highest BCUT2D eigenvalue weighted by Crippen LogP contribution is 2.26. The molecule has 0 unspecified atom stereocenters. The number of alkyl carbamates (subject to hydrolysis) is 1. The van der Waals surface area contributed by atoms with Gasteiger partial charge in [-0.1, -0.05) is 32.1 Å². The van der Waals surface area contributed by atoms with E-state index in [2.05, 4.69) is 34.5 Å². The molecule has 122 valence electrons. The summed E-state index contributed by atoms with van der Waals surface area (Å²) in [4.78, 5) is 11.8. The molecule has 5 nitrogen and oxygen atoms in total. The Labute approximate surface area is 146 Å². The molecule has 1 aliphatic heterocycles. The third-order valence-electron chi connectivity index (χ3n) is 3.27. The molecule has 22 heavy (non-hydrogen) atoms. The third-order valence-corrected chi connectivity index (χ3v) is 4.26. The maximum Gasteiger partial charge on any atom is 0.407 e. The third kappa shape index (κ3) is 5.17. The summed E-state index contributed by atoms with van der Waals surface area (Å²) in [7, 11) is 0. The molecule has 1 amide bonds. The minimum absolute atomic E-state index is 0.418. The lowest BCUT2D eigenvalue weighted by Gasteiger charge is -2.31. The molecule has 0 aromatic rings. The van der Waals surface area contributed by atoms with Crippen molar-refractivity contribution in [2.45, 2.75) is 39.2 Å². The van der Waals surface area contributed by atoms with Crippen molar-refractivity contribution in [2.75, 3.05) is 6.61 Å². The van der Waals surface area contributed by atoms with Crippen molar-refractivity contribution in [3.05, 3.63) is 45.9 Å². The van der Waals surface area contributed by atoms with Crippen LogP contribution in [-0.2, 0) is 4.74 Å². The van der Waals surface area contributed by atoms with E-state index in [0.717, 1.165) is 27.7 Å². The number of carbonyl (C=O) groups is 1. The number of carbonyl (C=O) groups excluding carboxylic acids is 1. The van der Waals surface area contributed by atoms with E-state index in [-0.39, 0.29) is 0 Å². The van der Waals surface area contributed by atoms with Crippen LogP contribution in [0.4, 0.5) is 4.79 Å². The molecule has 0 saturated carbocycles. The summed E-state index contributed by atoms with van der Waals surface area (Å²) in [6.07, 6.45) is 8.82. The predicted octanol–water partition coefficient (Wildman–Crippen LogP) is 3.75. The first kappa shape index (κ1) is 18.8. The molecule has 0 aliphatic carbocycles. The second-order valence-corrected chi connectivity index (χ2v) is 6.66. The van der Waals surface area contributed by atoms with Crippen molar-refractivity contribution in [3.63, 3.8) is 0 Å². The fourth-order valence-electron chi connectivity index (χ4n) is 1.87. The van der Waals surface area contributed by atoms with Crippen molar-refractivity contribution in [1.82, 2.24) is 10.3 Å². The van der Waals surface area contributed by atoms with E-state index in [1.54, 1.807) is 12.3 Å². The average molecular weight is 417 g/mol. The van der Waals surface area contributed by atoms with Gasteiger partial charge in [-0.2, -0.15) is 0 Å². The van der Waals surface area contributed by atoms with Crippen LogP contribution in [0.15, 0.2) is 45.9 Å². The lowest BCUT2D eigenvalue weighted by molar-refractivity contribution is 0.137. The first-order valence-corrected chi connectivity index (χ1v) is 8.31. The fraction of sp³-hybridized carbons (Fsp3) is 0.438. The van der Waals surface area contributed by atoms with Crippen LogP contribution in [-0.4, -0.2) is 23.2 Å². The Bertz CT molecular complexity index is 521. The molecule has 0 atom stereocenters. The molecule has 0 aromatic carbocycles. The smallest absolute Gasteiger partial charge is 0.407 e. The largest absolute Gasteiger partial charge is 0.450 e. The van der Waals surface area contributed by atoms with E-state index in [1.165, 1.54) is 5.01 Å². The van der Waals surface area contributed by atoms with E-state index in [4.69, 9.17) is 10.6 Å². The molecule has 0 aromatic heterocycles. The fourth-order valence-corrected chi connectivity index (χ4v) is 2.33. The lowest BCUT2D eigenvalue weighted by atomic mass is 9.93. The second-order valence-electron chi connectivity index (χ2n) is 5.50. The van der Waals surface area contributed by atoms with E-state index in [9.17, 15) is 4.79 Å². The Balaban J connectivity index is 2.77. The SMILES string of the molecule is C=C/C(I)=C1/C=CC(C(C)(C)NC(=O)OCCCC)=CN1N. The summed E-state index contributed by atoms with van der Waals surface area (Å²) in [5.74, 6) is 6.02. The van der Waals surface area contributed by atoms with Crippen molar-refractivity contribution >= 4 is 28.7 Å². The number of ether oxygens (including phenoxy) is 1. The van der Waals surface area contributed by atoms with E-state index < -0.39 is 11.6 Å². The molecule has 1 heterocycles. The Morgan fingerprint density at radius 2 is 2.23 bits per heavy atom. The quantitative estimate of drug-likeness (QED) is 0.393. The maximum atomic E-state index is 11.8. The van der Waals surface area contributed by atoms with Crippen LogP contribution in [0.2, 0.25) is 0 Å². The Hall–Kier alpha value is -1.28. The first-order valence-electron chi connectivity index (χ1n) is 7.23. The van der Waals surface area contributed by atoms with Crippen LogP contribution < -0.4 is 11.2 Å². The van der Waals surface area contributed by atoms with Gasteiger partial charge >= 0.3 is 6.09 Å². The number of amides is 1. The topological polar surface area (TPSA) is 67.6 Å². The van der Waals surface area contributed by atoms with Gasteiger partial charge in [0.2, 0.25) is 0 Å². The highest BCUT2D eigenvalue weighted by atomic mass is 127. The monoisotopic (exact) mass is 417 g/mol. The molecular weight excluding hydrogens is 393 g/mol. The van der Waals surface area contributed by atoms with Crippen molar-refractivity contribution < 1.29 is 9.53 Å². The lowest BCUT2D eigenvalue weighted by Crippen LogP contribution is -2.46. The molecular formula is C16H24IN3O2. The second kappa shape index (κ2) is 8.38. The van der Waals surface area contributed by atoms with E-state index in [0.29, 0.717) is 6.61 Å². The Morgan fingerprint density at radius 1 is 1.55 bits per heavy atom. The maximum absolute atomic E-state index is 11.8. The Kier molecular flexibility index (Phi) is 7.15. The van der Waals surface area contributed by atoms with Gasteiger partial charge in [0.15, 0.2) is 0 Å². The minimum Gasteiger partial charge on any atom is -0.450 e. The van der Waals surface area contributed by atoms with Gasteiger partial charge < -0.3 is 10.1 Å². The van der Waals surface area contributed by atoms with Gasteiger partial charge in [0, 0.05) is 9.78 Å². The number of hydrogen-bond donors (Lipinski definition) is 2. The summed E-state index contributed by atoms with van der Waals surface area (Å²) < 4.78 is 6.10. The van der Waals surface area contributed by atoms with Crippen LogP contribution in [0.1, 0.15) is 33.6 Å². The number of hydrogen-bond acceptors (Lipinski definition) is 4. The molecule has 0 fully saturated rings. The molecule has 1 rings (SSSR count). The van der Waals surface area contributed by atoms with Crippen LogP contribution >= 0.6 is 22.6 Å². The summed E-state index contributed by atoms with van der Waals surface area (Å²) in [6.45, 7) is 10.0. The Morgan fingerprint density at radius 3 is 2.77 bits per heavy atom. The van der Waals surface area contributed by atoms with Crippen LogP contribution in [0.3, 0.4) is 0 Å². The molecule has 6 heteroatoms. The van der Waals surface area contributed by atoms with Gasteiger partial charge in [0.05, 0.1) is 17.8 Å². The van der Waals surface area contributed by atoms with E-state index >= 15 is 0 Å². The number of halogens is 1. The van der Waals surface area contributed by atoms with Gasteiger partial charge in [-0.25, -0.2) is 10.6 Å². The van der Waals surface area contributed by atoms with Crippen LogP contribution in [0, 0.1) is 0 Å². The molecule has 1 aliphatic rings. The highest BCUT2D eigenvalue weighted by Gasteiger charge is 2.27. The highest BCUT2D eigenvalue weighted by molar-refractivity contribution is 14.1. The van der Waals surface area contributed by atoms with Gasteiger partial charge in [-0.05, 0) is 54.5 Å². The van der Waals surface area contributed by atoms with Gasteiger partial charge in [-0.15, -0.1) is 0 Å². The standard InChI is InChI=1S/C16H24IN3O2/c1-5-7-10-22-15(21)19-16(3,4)12-8-9-14(13(17)6-2)20(18)11-12/h6,8-9,11H,2,5,7,10,18H2,1,3-4H3,(H,19,21)/b14-13+. The predicted molar refractivity (Wildman–Crippen MR) is 98.0 cm³/mol. The van der Waals surface area contributed by atoms with Crippen molar-refractivity contribution in [2.24, 2.45) is 5.84 Å². The molecule has 3 N–H and O–H groups in total. The number of unbranched alkanes of at least 4 members (excludes halogenated alkanes) is 1. The number of rotatable bonds is 6. The van der Waals surface area contributed by atoms with Crippen LogP contribution in [0.5, 0.6) is 0 Å². The molecule has 0 saturated heterocycles. The molecule has 0 spiro atoms. The number of nitrogens with two attached hydrogens (primary N) is 1. The van der Waals surface area contributed by atoms with Gasteiger partial charge in [0.25, 0.3) is 0 Å². The number of allylic oxidation sites excluding steroid dienone is 3. The van der Waals surface area contributed by atoms with Crippen molar-refractivity contribution in [1.29, 1.82) is 0 Å². The number of hydrazine groups is 1. The van der Waals surface area contributed by atoms with Gasteiger partial charge in [-0.3, -0.25) is 5.01 Å². The first-order chi connectivity index (χ1) is 10.3. The number of nitrogens with zero attached hydrogens (tertiary/aromatic N) is 1. The summed E-state index contributed by atoms with van der Waals surface area (Å²) in [6, 6.07) is 0. The minimum atomic E-state index is -0.581. The summed E-state index contributed by atoms with van der Waals surface area (Å²) >= 11 is 2.18. The van der Waals surface area contributed by atoms with Gasteiger partial charge in [0.1, 0.15) is 0 Å².